The third-order valence-corrected chi connectivity index (χ3v) is 8.44. The summed E-state index contributed by atoms with van der Waals surface area (Å²) < 4.78 is 28.8. The Kier molecular flexibility index (Phi) is 11.1. The summed E-state index contributed by atoms with van der Waals surface area (Å²) in [4.78, 5) is 28.8. The van der Waals surface area contributed by atoms with Gasteiger partial charge in [0.1, 0.15) is 12.6 Å². The van der Waals surface area contributed by atoms with Crippen molar-refractivity contribution in [3.63, 3.8) is 0 Å². The average Bonchev–Trinajstić information content (AvgIpc) is 2.96. The number of unbranched alkanes of at least 4 members (excludes halogenated alkanes) is 1. The number of hydrogen-bond acceptors (Lipinski definition) is 4. The number of anilines is 1. The van der Waals surface area contributed by atoms with E-state index in [4.69, 9.17) is 0 Å². The molecule has 0 aromatic heterocycles. The van der Waals surface area contributed by atoms with Gasteiger partial charge in [0.2, 0.25) is 11.8 Å². The molecule has 0 aliphatic heterocycles. The Morgan fingerprint density at radius 3 is 2.00 bits per heavy atom. The van der Waals surface area contributed by atoms with Crippen LogP contribution in [-0.2, 0) is 32.6 Å². The fraction of sp³-hybridized carbons (Fsp3) is 0.355. The standard InChI is InChI=1S/C31H39N3O4S/c1-4-7-22-32-31(36)29(6-3)33(23-26-14-10-8-11-15-26)30(35)24-34(27-20-18-25(5-2)19-21-27)39(37,38)28-16-12-9-13-17-28/h8-21,29H,4-7,22-24H2,1-3H3,(H,32,36)/t29-/m0/s1. The Balaban J connectivity index is 2.00. The number of carbonyl (C=O) groups excluding carboxylic acids is 2. The molecule has 1 atom stereocenters. The fourth-order valence-electron chi connectivity index (χ4n) is 4.35. The molecule has 3 rings (SSSR count). The van der Waals surface area contributed by atoms with Gasteiger partial charge in [0.25, 0.3) is 10.0 Å². The van der Waals surface area contributed by atoms with E-state index in [9.17, 15) is 18.0 Å². The number of aryl methyl sites for hydroxylation is 1. The van der Waals surface area contributed by atoms with Crippen molar-refractivity contribution in [2.24, 2.45) is 0 Å². The van der Waals surface area contributed by atoms with Crippen molar-refractivity contribution in [3.05, 3.63) is 96.1 Å². The molecule has 0 aliphatic carbocycles. The molecule has 0 radical (unpaired) electrons. The van der Waals surface area contributed by atoms with Crippen molar-refractivity contribution in [3.8, 4) is 0 Å². The van der Waals surface area contributed by atoms with Crippen molar-refractivity contribution in [2.45, 2.75) is 63.9 Å². The van der Waals surface area contributed by atoms with Gasteiger partial charge in [-0.1, -0.05) is 87.9 Å². The van der Waals surface area contributed by atoms with Gasteiger partial charge in [-0.15, -0.1) is 0 Å². The number of nitrogens with one attached hydrogen (secondary N) is 1. The summed E-state index contributed by atoms with van der Waals surface area (Å²) in [6.45, 7) is 6.20. The molecule has 0 fully saturated rings. The molecule has 0 unspecified atom stereocenters. The van der Waals surface area contributed by atoms with E-state index in [1.54, 1.807) is 30.3 Å². The van der Waals surface area contributed by atoms with Gasteiger partial charge >= 0.3 is 0 Å². The largest absolute Gasteiger partial charge is 0.354 e. The van der Waals surface area contributed by atoms with Crippen LogP contribution in [0.1, 0.15) is 51.2 Å². The Labute approximate surface area is 232 Å². The summed E-state index contributed by atoms with van der Waals surface area (Å²) >= 11 is 0. The first-order valence-corrected chi connectivity index (χ1v) is 15.0. The molecular weight excluding hydrogens is 510 g/mol. The van der Waals surface area contributed by atoms with Crippen LogP contribution >= 0.6 is 0 Å². The lowest BCUT2D eigenvalue weighted by Crippen LogP contribution is -2.52. The maximum atomic E-state index is 14.0. The first kappa shape index (κ1) is 29.9. The van der Waals surface area contributed by atoms with Gasteiger partial charge in [0.15, 0.2) is 0 Å². The first-order chi connectivity index (χ1) is 18.8. The van der Waals surface area contributed by atoms with Crippen LogP contribution < -0.4 is 9.62 Å². The molecule has 0 spiro atoms. The highest BCUT2D eigenvalue weighted by Gasteiger charge is 2.33. The lowest BCUT2D eigenvalue weighted by atomic mass is 10.1. The van der Waals surface area contributed by atoms with Crippen LogP contribution in [0.4, 0.5) is 5.69 Å². The van der Waals surface area contributed by atoms with Gasteiger partial charge in [-0.2, -0.15) is 0 Å². The molecule has 39 heavy (non-hydrogen) atoms. The fourth-order valence-corrected chi connectivity index (χ4v) is 5.79. The van der Waals surface area contributed by atoms with Crippen molar-refractivity contribution in [2.75, 3.05) is 17.4 Å². The SMILES string of the molecule is CCCCNC(=O)[C@H](CC)N(Cc1ccccc1)C(=O)CN(c1ccc(CC)cc1)S(=O)(=O)c1ccccc1. The van der Waals surface area contributed by atoms with E-state index in [1.165, 1.54) is 17.0 Å². The highest BCUT2D eigenvalue weighted by Crippen LogP contribution is 2.25. The van der Waals surface area contributed by atoms with E-state index in [0.29, 0.717) is 18.7 Å². The van der Waals surface area contributed by atoms with Crippen LogP contribution in [0, 0.1) is 0 Å². The Morgan fingerprint density at radius 2 is 1.44 bits per heavy atom. The van der Waals surface area contributed by atoms with Crippen LogP contribution in [0.5, 0.6) is 0 Å². The molecule has 8 heteroatoms. The average molecular weight is 550 g/mol. The summed E-state index contributed by atoms with van der Waals surface area (Å²) in [5, 5.41) is 2.94. The number of sulfonamides is 1. The zero-order valence-corrected chi connectivity index (χ0v) is 23.9. The lowest BCUT2D eigenvalue weighted by molar-refractivity contribution is -0.140. The summed E-state index contributed by atoms with van der Waals surface area (Å²) in [7, 11) is -4.06. The van der Waals surface area contributed by atoms with Crippen molar-refractivity contribution in [1.29, 1.82) is 0 Å². The van der Waals surface area contributed by atoms with Gasteiger partial charge in [-0.05, 0) is 54.7 Å². The molecule has 0 aliphatic rings. The summed E-state index contributed by atoms with van der Waals surface area (Å²) in [6.07, 6.45) is 2.98. The Morgan fingerprint density at radius 1 is 0.821 bits per heavy atom. The Hall–Kier alpha value is -3.65. The number of carbonyl (C=O) groups is 2. The molecule has 3 aromatic carbocycles. The van der Waals surface area contributed by atoms with E-state index in [1.807, 2.05) is 63.2 Å². The third kappa shape index (κ3) is 7.93. The van der Waals surface area contributed by atoms with Crippen LogP contribution in [0.2, 0.25) is 0 Å². The van der Waals surface area contributed by atoms with E-state index in [-0.39, 0.29) is 17.3 Å². The topological polar surface area (TPSA) is 86.8 Å². The summed E-state index contributed by atoms with van der Waals surface area (Å²) in [5.41, 5.74) is 2.31. The number of nitrogens with zero attached hydrogens (tertiary/aromatic N) is 2. The van der Waals surface area contributed by atoms with Crippen LogP contribution in [0.25, 0.3) is 0 Å². The van der Waals surface area contributed by atoms with E-state index in [0.717, 1.165) is 34.7 Å². The van der Waals surface area contributed by atoms with Crippen LogP contribution in [0.15, 0.2) is 89.8 Å². The minimum Gasteiger partial charge on any atom is -0.354 e. The molecule has 7 nitrogen and oxygen atoms in total. The maximum Gasteiger partial charge on any atom is 0.264 e. The second-order valence-electron chi connectivity index (χ2n) is 9.42. The molecule has 1 N–H and O–H groups in total. The zero-order valence-electron chi connectivity index (χ0n) is 23.0. The number of hydrogen-bond donors (Lipinski definition) is 1. The minimum absolute atomic E-state index is 0.0938. The smallest absolute Gasteiger partial charge is 0.264 e. The molecular formula is C31H39N3O4S. The van der Waals surface area contributed by atoms with Gasteiger partial charge < -0.3 is 10.2 Å². The van der Waals surface area contributed by atoms with Crippen LogP contribution in [-0.4, -0.2) is 44.3 Å². The molecule has 0 bridgehead atoms. The van der Waals surface area contributed by atoms with Gasteiger partial charge in [0.05, 0.1) is 10.6 Å². The lowest BCUT2D eigenvalue weighted by Gasteiger charge is -2.33. The van der Waals surface area contributed by atoms with E-state index in [2.05, 4.69) is 5.32 Å². The van der Waals surface area contributed by atoms with E-state index >= 15 is 0 Å². The van der Waals surface area contributed by atoms with Gasteiger partial charge in [0, 0.05) is 13.1 Å². The maximum absolute atomic E-state index is 14.0. The molecule has 0 saturated heterocycles. The highest BCUT2D eigenvalue weighted by molar-refractivity contribution is 7.92. The van der Waals surface area contributed by atoms with Gasteiger partial charge in [-0.25, -0.2) is 8.42 Å². The number of rotatable bonds is 14. The normalized spacial score (nSPS) is 12.0. The molecule has 0 heterocycles. The zero-order chi connectivity index (χ0) is 28.3. The number of benzene rings is 3. The van der Waals surface area contributed by atoms with Crippen molar-refractivity contribution >= 4 is 27.5 Å². The molecule has 3 aromatic rings. The predicted molar refractivity (Wildman–Crippen MR) is 156 cm³/mol. The molecule has 2 amide bonds. The second-order valence-corrected chi connectivity index (χ2v) is 11.3. The predicted octanol–water partition coefficient (Wildman–Crippen LogP) is 5.17. The van der Waals surface area contributed by atoms with Gasteiger partial charge in [-0.3, -0.25) is 13.9 Å². The van der Waals surface area contributed by atoms with Crippen LogP contribution in [0.3, 0.4) is 0 Å². The third-order valence-electron chi connectivity index (χ3n) is 6.65. The van der Waals surface area contributed by atoms with Crippen molar-refractivity contribution in [1.82, 2.24) is 10.2 Å². The van der Waals surface area contributed by atoms with Crippen molar-refractivity contribution < 1.29 is 18.0 Å². The monoisotopic (exact) mass is 549 g/mol. The first-order valence-electron chi connectivity index (χ1n) is 13.6. The molecule has 208 valence electrons. The second kappa shape index (κ2) is 14.5. The summed E-state index contributed by atoms with van der Waals surface area (Å²) in [5.74, 6) is -0.685. The minimum atomic E-state index is -4.06. The highest BCUT2D eigenvalue weighted by atomic mass is 32.2. The summed E-state index contributed by atoms with van der Waals surface area (Å²) in [6, 6.07) is 24.0. The molecule has 0 saturated carbocycles. The number of amides is 2. The van der Waals surface area contributed by atoms with E-state index < -0.39 is 28.5 Å². The Bertz CT molecular complexity index is 1300. The quantitative estimate of drug-likeness (QED) is 0.281.